The van der Waals surface area contributed by atoms with Crippen LogP contribution in [0, 0.1) is 0 Å². The van der Waals surface area contributed by atoms with Crippen LogP contribution in [0.3, 0.4) is 0 Å². The van der Waals surface area contributed by atoms with E-state index in [0.717, 1.165) is 22.4 Å². The number of carbonyl (C=O) groups is 1. The summed E-state index contributed by atoms with van der Waals surface area (Å²) in [7, 11) is 4.10. The van der Waals surface area contributed by atoms with E-state index in [4.69, 9.17) is 9.15 Å². The third-order valence-corrected chi connectivity index (χ3v) is 5.82. The Hall–Kier alpha value is -2.17. The number of anilines is 1. The molecule has 8 nitrogen and oxygen atoms in total. The first-order valence-corrected chi connectivity index (χ1v) is 10.9. The summed E-state index contributed by atoms with van der Waals surface area (Å²) < 4.78 is 12.2. The molecule has 0 radical (unpaired) electrons. The molecular weight excluding hydrogens is 398 g/mol. The van der Waals surface area contributed by atoms with Crippen LogP contribution < -0.4 is 15.0 Å². The van der Waals surface area contributed by atoms with Crippen molar-refractivity contribution in [2.24, 2.45) is 0 Å². The lowest BCUT2D eigenvalue weighted by atomic mass is 10.2. The van der Waals surface area contributed by atoms with E-state index in [2.05, 4.69) is 27.4 Å². The molecule has 1 amide bonds. The van der Waals surface area contributed by atoms with Crippen molar-refractivity contribution in [2.45, 2.75) is 31.5 Å². The van der Waals surface area contributed by atoms with Crippen LogP contribution in [0.1, 0.15) is 32.2 Å². The van der Waals surface area contributed by atoms with Gasteiger partial charge in [0.25, 0.3) is 11.1 Å². The predicted octanol–water partition coefficient (Wildman–Crippen LogP) is 2.40. The zero-order chi connectivity index (χ0) is 20.1. The Balaban J connectivity index is 1.57. The number of thiazole rings is 1. The first-order valence-electron chi connectivity index (χ1n) is 9.09. The van der Waals surface area contributed by atoms with Gasteiger partial charge in [0.05, 0.1) is 36.7 Å². The quantitative estimate of drug-likeness (QED) is 0.511. The average Bonchev–Trinajstić information content (AvgIpc) is 3.27. The molecule has 1 aromatic carbocycles. The number of hydrogen-bond acceptors (Lipinski definition) is 8. The summed E-state index contributed by atoms with van der Waals surface area (Å²) in [5.41, 5.74) is 0.828. The van der Waals surface area contributed by atoms with Crippen molar-refractivity contribution < 1.29 is 18.8 Å². The number of fused-ring (bicyclic) bond motifs is 1. The lowest BCUT2D eigenvalue weighted by Crippen LogP contribution is -3.06. The molecule has 0 aliphatic rings. The van der Waals surface area contributed by atoms with Gasteiger partial charge in [-0.15, -0.1) is 10.2 Å². The van der Waals surface area contributed by atoms with Crippen molar-refractivity contribution >= 4 is 44.4 Å². The third-order valence-electron chi connectivity index (χ3n) is 4.07. The van der Waals surface area contributed by atoms with Crippen LogP contribution in [-0.4, -0.2) is 47.5 Å². The Morgan fingerprint density at radius 2 is 2.18 bits per heavy atom. The van der Waals surface area contributed by atoms with Gasteiger partial charge in [-0.2, -0.15) is 0 Å². The second-order valence-corrected chi connectivity index (χ2v) is 8.32. The molecule has 0 aliphatic heterocycles. The molecule has 10 heteroatoms. The first kappa shape index (κ1) is 20.6. The number of benzene rings is 1. The van der Waals surface area contributed by atoms with Gasteiger partial charge in [-0.25, -0.2) is 4.98 Å². The maximum atomic E-state index is 12.3. The lowest BCUT2D eigenvalue weighted by Gasteiger charge is -2.15. The van der Waals surface area contributed by atoms with Crippen LogP contribution in [0.25, 0.3) is 10.2 Å². The molecule has 28 heavy (non-hydrogen) atoms. The summed E-state index contributed by atoms with van der Waals surface area (Å²) in [5, 5.41) is 11.9. The van der Waals surface area contributed by atoms with Gasteiger partial charge >= 0.3 is 0 Å². The van der Waals surface area contributed by atoms with Crippen molar-refractivity contribution in [3.8, 4) is 5.75 Å². The SMILES string of the molecule is CCOc1ccc2nc(NC(=O)CSc3nnc([C@@H](CC)[NH+](C)C)o3)sc2c1. The molecule has 2 N–H and O–H groups in total. The van der Waals surface area contributed by atoms with E-state index in [0.29, 0.717) is 22.9 Å². The van der Waals surface area contributed by atoms with Gasteiger partial charge in [-0.3, -0.25) is 4.79 Å². The van der Waals surface area contributed by atoms with Gasteiger partial charge < -0.3 is 19.4 Å². The number of hydrogen-bond donors (Lipinski definition) is 2. The fourth-order valence-electron chi connectivity index (χ4n) is 2.75. The van der Waals surface area contributed by atoms with Gasteiger partial charge in [-0.05, 0) is 25.1 Å². The highest BCUT2D eigenvalue weighted by Crippen LogP contribution is 2.29. The maximum Gasteiger partial charge on any atom is 0.277 e. The zero-order valence-electron chi connectivity index (χ0n) is 16.3. The van der Waals surface area contributed by atoms with Crippen molar-refractivity contribution in [1.82, 2.24) is 15.2 Å². The highest BCUT2D eigenvalue weighted by molar-refractivity contribution is 7.99. The summed E-state index contributed by atoms with van der Waals surface area (Å²) in [4.78, 5) is 17.9. The van der Waals surface area contributed by atoms with Crippen molar-refractivity contribution in [3.05, 3.63) is 24.1 Å². The Kier molecular flexibility index (Phi) is 6.87. The highest BCUT2D eigenvalue weighted by atomic mass is 32.2. The van der Waals surface area contributed by atoms with Gasteiger partial charge in [0.2, 0.25) is 5.91 Å². The van der Waals surface area contributed by atoms with Gasteiger partial charge in [0.15, 0.2) is 11.2 Å². The minimum atomic E-state index is -0.167. The van der Waals surface area contributed by atoms with E-state index in [1.807, 2.05) is 39.2 Å². The fraction of sp³-hybridized carbons (Fsp3) is 0.444. The number of thioether (sulfide) groups is 1. The maximum absolute atomic E-state index is 12.3. The number of amides is 1. The zero-order valence-corrected chi connectivity index (χ0v) is 17.9. The minimum Gasteiger partial charge on any atom is -0.494 e. The molecular formula is C18H24N5O3S2+. The summed E-state index contributed by atoms with van der Waals surface area (Å²) in [6.45, 7) is 4.63. The number of ether oxygens (including phenoxy) is 1. The second-order valence-electron chi connectivity index (χ2n) is 6.36. The number of carbonyl (C=O) groups excluding carboxylic acids is 1. The van der Waals surface area contributed by atoms with E-state index in [-0.39, 0.29) is 17.7 Å². The van der Waals surface area contributed by atoms with E-state index in [1.54, 1.807) is 0 Å². The summed E-state index contributed by atoms with van der Waals surface area (Å²) >= 11 is 2.63. The van der Waals surface area contributed by atoms with E-state index in [9.17, 15) is 4.79 Å². The molecule has 0 unspecified atom stereocenters. The summed E-state index contributed by atoms with van der Waals surface area (Å²) in [5.74, 6) is 1.40. The number of nitrogens with zero attached hydrogens (tertiary/aromatic N) is 3. The third kappa shape index (κ3) is 5.00. The molecule has 2 aromatic heterocycles. The minimum absolute atomic E-state index is 0.153. The van der Waals surface area contributed by atoms with Crippen LogP contribution in [0.5, 0.6) is 5.75 Å². The Labute approximate surface area is 171 Å². The average molecular weight is 423 g/mol. The van der Waals surface area contributed by atoms with Crippen molar-refractivity contribution in [2.75, 3.05) is 31.8 Å². The molecule has 0 bridgehead atoms. The molecule has 0 spiro atoms. The highest BCUT2D eigenvalue weighted by Gasteiger charge is 2.23. The van der Waals surface area contributed by atoms with E-state index < -0.39 is 0 Å². The monoisotopic (exact) mass is 422 g/mol. The molecule has 3 rings (SSSR count). The normalized spacial score (nSPS) is 12.5. The molecule has 0 aliphatic carbocycles. The smallest absolute Gasteiger partial charge is 0.277 e. The molecule has 0 saturated carbocycles. The Morgan fingerprint density at radius 1 is 1.36 bits per heavy atom. The molecule has 0 fully saturated rings. The topological polar surface area (TPSA) is 94.6 Å². The van der Waals surface area contributed by atoms with Gasteiger partial charge in [0.1, 0.15) is 5.75 Å². The molecule has 150 valence electrons. The Bertz CT molecular complexity index is 940. The Morgan fingerprint density at radius 3 is 2.89 bits per heavy atom. The lowest BCUT2D eigenvalue weighted by molar-refractivity contribution is -0.894. The number of nitrogens with one attached hydrogen (secondary N) is 2. The number of aromatic nitrogens is 3. The standard InChI is InChI=1S/C18H23N5O3S2/c1-5-13(23(3)4)16-21-22-18(26-16)27-10-15(24)20-17-19-12-8-7-11(25-6-2)9-14(12)28-17/h7-9,13H,5-6,10H2,1-4H3,(H,19,20,24)/p+1/t13-/m1/s1. The van der Waals surface area contributed by atoms with Crippen molar-refractivity contribution in [1.29, 1.82) is 0 Å². The van der Waals surface area contributed by atoms with E-state index >= 15 is 0 Å². The van der Waals surface area contributed by atoms with Crippen molar-refractivity contribution in [3.63, 3.8) is 0 Å². The number of quaternary nitrogens is 1. The van der Waals surface area contributed by atoms with Crippen LogP contribution >= 0.6 is 23.1 Å². The van der Waals surface area contributed by atoms with Gasteiger partial charge in [0, 0.05) is 6.42 Å². The van der Waals surface area contributed by atoms with Crippen LogP contribution in [0.15, 0.2) is 27.8 Å². The van der Waals surface area contributed by atoms with Gasteiger partial charge in [-0.1, -0.05) is 30.0 Å². The van der Waals surface area contributed by atoms with Crippen LogP contribution in [0.4, 0.5) is 5.13 Å². The largest absolute Gasteiger partial charge is 0.494 e. The van der Waals surface area contributed by atoms with Crippen LogP contribution in [0.2, 0.25) is 0 Å². The second kappa shape index (κ2) is 9.35. The van der Waals surface area contributed by atoms with Crippen LogP contribution in [-0.2, 0) is 4.79 Å². The first-order chi connectivity index (χ1) is 13.5. The number of rotatable bonds is 9. The summed E-state index contributed by atoms with van der Waals surface area (Å²) in [6, 6.07) is 5.84. The fourth-order valence-corrected chi connectivity index (χ4v) is 4.23. The predicted molar refractivity (Wildman–Crippen MR) is 110 cm³/mol. The molecule has 2 heterocycles. The van der Waals surface area contributed by atoms with E-state index in [1.165, 1.54) is 28.0 Å². The molecule has 1 atom stereocenters. The summed E-state index contributed by atoms with van der Waals surface area (Å²) in [6.07, 6.45) is 0.901. The molecule has 3 aromatic rings. The molecule has 0 saturated heterocycles.